The summed E-state index contributed by atoms with van der Waals surface area (Å²) in [5.41, 5.74) is 0. The second kappa shape index (κ2) is 22.3. The molecule has 43 heavy (non-hydrogen) atoms. The normalized spacial score (nSPS) is 29.6. The molecule has 4 bridgehead atoms. The van der Waals surface area contributed by atoms with Gasteiger partial charge in [-0.1, -0.05) is 184 Å². The third kappa shape index (κ3) is 14.1. The summed E-state index contributed by atoms with van der Waals surface area (Å²) in [4.78, 5) is 0. The molecule has 0 N–H and O–H groups in total. The number of hydrogen-bond donors (Lipinski definition) is 0. The minimum absolute atomic E-state index is 0.393. The number of alkyl halides is 1. The van der Waals surface area contributed by atoms with Crippen LogP contribution in [0.25, 0.3) is 0 Å². The van der Waals surface area contributed by atoms with E-state index < -0.39 is 0 Å². The molecular formula is C36H67BrS6. The van der Waals surface area contributed by atoms with Crippen LogP contribution in [0.5, 0.6) is 0 Å². The van der Waals surface area contributed by atoms with Gasteiger partial charge in [-0.25, -0.2) is 0 Å². The van der Waals surface area contributed by atoms with E-state index in [1.54, 1.807) is 0 Å². The summed E-state index contributed by atoms with van der Waals surface area (Å²) in [5.74, 6) is 0. The first-order valence-corrected chi connectivity index (χ1v) is 24.8. The van der Waals surface area contributed by atoms with E-state index in [0.29, 0.717) is 13.6 Å². The van der Waals surface area contributed by atoms with E-state index in [1.165, 1.54) is 185 Å². The number of hydrogen-bond acceptors (Lipinski definition) is 6. The molecule has 0 radical (unpaired) electrons. The van der Waals surface area contributed by atoms with Gasteiger partial charge in [0.25, 0.3) is 0 Å². The molecule has 4 rings (SSSR count). The van der Waals surface area contributed by atoms with Gasteiger partial charge in [0.05, 0.1) is 0 Å². The fraction of sp³-hybridized carbons (Fsp3) is 1.00. The molecule has 4 fully saturated rings. The topological polar surface area (TPSA) is 0 Å². The van der Waals surface area contributed by atoms with Crippen molar-refractivity contribution in [1.29, 1.82) is 0 Å². The van der Waals surface area contributed by atoms with Crippen LogP contribution in [-0.4, -0.2) is 19.0 Å². The molecule has 4 heterocycles. The molecule has 0 nitrogen and oxygen atoms in total. The highest BCUT2D eigenvalue weighted by Crippen LogP contribution is 2.91. The Morgan fingerprint density at radius 1 is 0.302 bits per heavy atom. The van der Waals surface area contributed by atoms with Crippen molar-refractivity contribution in [3.8, 4) is 0 Å². The maximum atomic E-state index is 3.62. The molecule has 0 saturated carbocycles. The zero-order valence-electron chi connectivity index (χ0n) is 28.3. The van der Waals surface area contributed by atoms with Crippen LogP contribution < -0.4 is 0 Å². The molecule has 0 atom stereocenters. The van der Waals surface area contributed by atoms with Gasteiger partial charge in [-0.3, -0.25) is 0 Å². The van der Waals surface area contributed by atoms with Crippen LogP contribution in [0.1, 0.15) is 201 Å². The molecule has 7 heteroatoms. The van der Waals surface area contributed by atoms with Crippen LogP contribution in [0.15, 0.2) is 0 Å². The predicted octanol–water partition coefficient (Wildman–Crippen LogP) is 16.4. The summed E-state index contributed by atoms with van der Waals surface area (Å²) >= 11 is 18.5. The second-order valence-electron chi connectivity index (χ2n) is 13.5. The van der Waals surface area contributed by atoms with Gasteiger partial charge in [0.15, 0.2) is 0 Å². The zero-order chi connectivity index (χ0) is 30.7. The molecule has 0 amide bonds. The van der Waals surface area contributed by atoms with Gasteiger partial charge in [-0.15, -0.1) is 70.6 Å². The maximum Gasteiger partial charge on any atom is 0.113 e. The van der Waals surface area contributed by atoms with Gasteiger partial charge < -0.3 is 0 Å². The molecule has 0 aromatic rings. The van der Waals surface area contributed by atoms with Crippen LogP contribution in [0.3, 0.4) is 0 Å². The van der Waals surface area contributed by atoms with Crippen LogP contribution in [0.2, 0.25) is 0 Å². The average Bonchev–Trinajstić information content (AvgIpc) is 2.97. The van der Waals surface area contributed by atoms with Crippen molar-refractivity contribution >= 4 is 86.5 Å². The number of thioether (sulfide) groups is 6. The lowest BCUT2D eigenvalue weighted by molar-refractivity contribution is 0.579. The summed E-state index contributed by atoms with van der Waals surface area (Å²) in [7, 11) is 0. The van der Waals surface area contributed by atoms with E-state index in [4.69, 9.17) is 0 Å². The molecule has 4 aliphatic heterocycles. The molecule has 4 aliphatic rings. The van der Waals surface area contributed by atoms with Gasteiger partial charge in [0, 0.05) is 5.33 Å². The fourth-order valence-corrected chi connectivity index (χ4v) is 29.0. The maximum absolute atomic E-state index is 3.62. The molecule has 0 aliphatic carbocycles. The van der Waals surface area contributed by atoms with E-state index in [-0.39, 0.29) is 0 Å². The van der Waals surface area contributed by atoms with Crippen LogP contribution >= 0.6 is 86.5 Å². The predicted molar refractivity (Wildman–Crippen MR) is 217 cm³/mol. The van der Waals surface area contributed by atoms with Gasteiger partial charge in [0.1, 0.15) is 13.6 Å². The molecule has 0 unspecified atom stereocenters. The summed E-state index contributed by atoms with van der Waals surface area (Å²) in [6, 6.07) is 0. The van der Waals surface area contributed by atoms with E-state index in [0.717, 1.165) is 0 Å². The van der Waals surface area contributed by atoms with Crippen molar-refractivity contribution in [2.24, 2.45) is 0 Å². The average molecular weight is 772 g/mol. The minimum Gasteiger partial charge on any atom is -0.104 e. The van der Waals surface area contributed by atoms with Crippen molar-refractivity contribution in [2.75, 3.05) is 5.33 Å². The van der Waals surface area contributed by atoms with E-state index in [1.807, 2.05) is 0 Å². The van der Waals surface area contributed by atoms with Gasteiger partial charge in [-0.2, -0.15) is 0 Å². The molecule has 0 spiro atoms. The van der Waals surface area contributed by atoms with Crippen molar-refractivity contribution in [3.63, 3.8) is 0 Å². The van der Waals surface area contributed by atoms with Crippen LogP contribution in [0.4, 0.5) is 0 Å². The molecular weight excluding hydrogens is 705 g/mol. The molecule has 0 aromatic carbocycles. The molecule has 4 saturated heterocycles. The second-order valence-corrected chi connectivity index (χ2v) is 26.9. The van der Waals surface area contributed by atoms with Gasteiger partial charge >= 0.3 is 0 Å². The Bertz CT molecular complexity index is 633. The summed E-state index contributed by atoms with van der Waals surface area (Å²) < 4.78 is 1.58. The number of unbranched alkanes of at least 4 members (excludes halogenated alkanes) is 20. The molecule has 254 valence electrons. The van der Waals surface area contributed by atoms with Crippen LogP contribution in [-0.2, 0) is 0 Å². The summed E-state index contributed by atoms with van der Waals surface area (Å²) in [6.07, 6.45) is 40.0. The Kier molecular flexibility index (Phi) is 20.8. The quantitative estimate of drug-likeness (QED) is 0.0545. The SMILES string of the molecule is CCCCCCCCC12SC3(CCCCCCCC)SC(CCCCCCCC)(S1)SC(CCCCCCCCBr)(S2)S3. The first-order chi connectivity index (χ1) is 21.0. The fourth-order valence-electron chi connectivity index (χ4n) is 6.79. The Labute approximate surface area is 303 Å². The Morgan fingerprint density at radius 3 is 0.744 bits per heavy atom. The number of halogens is 1. The standard InChI is InChI=1S/C36H67BrS6/c1-4-7-10-13-18-23-28-33-38-34(29-24-19-14-11-8-5-2)40-35(39-33,30-25-20-15-12-9-6-3)43-36(41-33,42-34)31-26-21-16-17-22-27-32-37/h4-32H2,1-3H3. The van der Waals surface area contributed by atoms with Gasteiger partial charge in [0.2, 0.25) is 0 Å². The highest BCUT2D eigenvalue weighted by molar-refractivity contribution is 9.09. The van der Waals surface area contributed by atoms with Crippen molar-refractivity contribution in [1.82, 2.24) is 0 Å². The molecule has 0 aromatic heterocycles. The van der Waals surface area contributed by atoms with Crippen molar-refractivity contribution < 1.29 is 0 Å². The van der Waals surface area contributed by atoms with E-state index >= 15 is 0 Å². The third-order valence-electron chi connectivity index (χ3n) is 9.24. The minimum atomic E-state index is 0.393. The lowest BCUT2D eigenvalue weighted by Crippen LogP contribution is -2.53. The largest absolute Gasteiger partial charge is 0.113 e. The lowest BCUT2D eigenvalue weighted by atomic mass is 10.1. The Hall–Kier alpha value is 2.58. The first kappa shape index (κ1) is 40.0. The smallest absolute Gasteiger partial charge is 0.104 e. The van der Waals surface area contributed by atoms with E-state index in [9.17, 15) is 0 Å². The number of rotatable bonds is 29. The lowest BCUT2D eigenvalue weighted by Gasteiger charge is -2.67. The highest BCUT2D eigenvalue weighted by atomic mass is 79.9. The zero-order valence-corrected chi connectivity index (χ0v) is 34.8. The first-order valence-electron chi connectivity index (χ1n) is 18.8. The third-order valence-corrected chi connectivity index (χ3v) is 22.0. The monoisotopic (exact) mass is 770 g/mol. The van der Waals surface area contributed by atoms with Gasteiger partial charge in [-0.05, 0) is 32.1 Å². The summed E-state index contributed by atoms with van der Waals surface area (Å²) in [6.45, 7) is 7.05. The van der Waals surface area contributed by atoms with E-state index in [2.05, 4.69) is 107 Å². The summed E-state index contributed by atoms with van der Waals surface area (Å²) in [5, 5.41) is 1.18. The van der Waals surface area contributed by atoms with Crippen LogP contribution in [0, 0.1) is 0 Å². The highest BCUT2D eigenvalue weighted by Gasteiger charge is 2.71. The van der Waals surface area contributed by atoms with Crippen molar-refractivity contribution in [2.45, 2.75) is 214 Å². The Morgan fingerprint density at radius 2 is 0.512 bits per heavy atom. The Balaban J connectivity index is 1.71. The van der Waals surface area contributed by atoms with Crippen molar-refractivity contribution in [3.05, 3.63) is 0 Å².